The van der Waals surface area contributed by atoms with Crippen LogP contribution in [0.3, 0.4) is 0 Å². The number of hydrogen-bond donors (Lipinski definition) is 0. The van der Waals surface area contributed by atoms with E-state index in [0.29, 0.717) is 34.0 Å². The Hall–Kier alpha value is -4.39. The summed E-state index contributed by atoms with van der Waals surface area (Å²) in [5, 5.41) is 4.79. The molecule has 0 aliphatic heterocycles. The van der Waals surface area contributed by atoms with E-state index < -0.39 is 5.97 Å². The molecule has 0 fully saturated rings. The Labute approximate surface area is 197 Å². The fraction of sp³-hybridized carbons (Fsp3) is 0.148. The van der Waals surface area contributed by atoms with E-state index in [9.17, 15) is 9.59 Å². The van der Waals surface area contributed by atoms with Gasteiger partial charge in [0.1, 0.15) is 24.2 Å². The van der Waals surface area contributed by atoms with Crippen molar-refractivity contribution in [2.45, 2.75) is 13.5 Å². The van der Waals surface area contributed by atoms with Gasteiger partial charge < -0.3 is 14.2 Å². The number of carbonyl (C=O) groups is 2. The van der Waals surface area contributed by atoms with Gasteiger partial charge in [0.15, 0.2) is 11.5 Å². The number of benzene rings is 3. The Bertz CT molecular complexity index is 1280. The molecule has 0 bridgehead atoms. The van der Waals surface area contributed by atoms with E-state index >= 15 is 0 Å². The van der Waals surface area contributed by atoms with Gasteiger partial charge in [-0.25, -0.2) is 9.48 Å². The Balaban J connectivity index is 1.85. The summed E-state index contributed by atoms with van der Waals surface area (Å²) >= 11 is 0. The minimum Gasteiger partial charge on any atom is -0.493 e. The summed E-state index contributed by atoms with van der Waals surface area (Å²) in [6.07, 6.45) is 0.738. The van der Waals surface area contributed by atoms with E-state index in [-0.39, 0.29) is 13.2 Å². The zero-order valence-electron chi connectivity index (χ0n) is 18.9. The molecular weight excluding hydrogens is 432 g/mol. The van der Waals surface area contributed by atoms with E-state index in [1.807, 2.05) is 60.7 Å². The van der Waals surface area contributed by atoms with E-state index in [4.69, 9.17) is 19.3 Å². The quantitative estimate of drug-likeness (QED) is 0.257. The number of aromatic nitrogens is 2. The summed E-state index contributed by atoms with van der Waals surface area (Å²) in [5.41, 5.74) is 3.40. The minimum absolute atomic E-state index is 0.0136. The maximum Gasteiger partial charge on any atom is 0.342 e. The van der Waals surface area contributed by atoms with Gasteiger partial charge in [-0.15, -0.1) is 0 Å². The van der Waals surface area contributed by atoms with Crippen molar-refractivity contribution in [3.63, 3.8) is 0 Å². The number of para-hydroxylation sites is 1. The average molecular weight is 456 g/mol. The van der Waals surface area contributed by atoms with Crippen molar-refractivity contribution in [3.05, 3.63) is 95.7 Å². The van der Waals surface area contributed by atoms with E-state index in [2.05, 4.69) is 0 Å². The molecule has 0 radical (unpaired) electrons. The third kappa shape index (κ3) is 4.68. The van der Waals surface area contributed by atoms with Crippen LogP contribution in [0.15, 0.2) is 78.9 Å². The van der Waals surface area contributed by atoms with Crippen molar-refractivity contribution in [1.29, 1.82) is 0 Å². The molecule has 0 saturated carbocycles. The van der Waals surface area contributed by atoms with Crippen LogP contribution in [0.25, 0.3) is 16.9 Å². The smallest absolute Gasteiger partial charge is 0.342 e. The lowest BCUT2D eigenvalue weighted by Gasteiger charge is -2.13. The van der Waals surface area contributed by atoms with Gasteiger partial charge in [-0.1, -0.05) is 48.5 Å². The molecule has 34 heavy (non-hydrogen) atoms. The highest BCUT2D eigenvalue weighted by Gasteiger charge is 2.27. The van der Waals surface area contributed by atoms with Crippen LogP contribution in [-0.4, -0.2) is 35.8 Å². The van der Waals surface area contributed by atoms with Crippen LogP contribution in [0, 0.1) is 0 Å². The molecule has 0 N–H and O–H groups in total. The fourth-order valence-corrected chi connectivity index (χ4v) is 3.61. The average Bonchev–Trinajstić information content (AvgIpc) is 3.28. The van der Waals surface area contributed by atoms with Gasteiger partial charge in [-0.3, -0.25) is 4.79 Å². The second-order valence-corrected chi connectivity index (χ2v) is 7.32. The van der Waals surface area contributed by atoms with E-state index in [1.54, 1.807) is 29.8 Å². The van der Waals surface area contributed by atoms with Gasteiger partial charge >= 0.3 is 5.97 Å². The van der Waals surface area contributed by atoms with E-state index in [0.717, 1.165) is 17.5 Å². The Morgan fingerprint density at radius 3 is 2.32 bits per heavy atom. The standard InChI is InChI=1S/C27H24N2O5/c1-3-33-27(31)25-22(18-34-23-15-14-19(17-30)16-24(23)32-2)29(21-12-8-5-9-13-21)28-26(25)20-10-6-4-7-11-20/h4-17H,3,18H2,1-2H3. The molecule has 1 heterocycles. The molecule has 0 saturated heterocycles. The fourth-order valence-electron chi connectivity index (χ4n) is 3.61. The highest BCUT2D eigenvalue weighted by Crippen LogP contribution is 2.32. The third-order valence-corrected chi connectivity index (χ3v) is 5.20. The summed E-state index contributed by atoms with van der Waals surface area (Å²) in [7, 11) is 1.50. The van der Waals surface area contributed by atoms with Crippen molar-refractivity contribution in [1.82, 2.24) is 9.78 Å². The normalized spacial score (nSPS) is 10.5. The van der Waals surface area contributed by atoms with Crippen molar-refractivity contribution in [2.24, 2.45) is 0 Å². The highest BCUT2D eigenvalue weighted by molar-refractivity contribution is 5.97. The lowest BCUT2D eigenvalue weighted by atomic mass is 10.1. The summed E-state index contributed by atoms with van der Waals surface area (Å²) < 4.78 is 18.6. The Morgan fingerprint density at radius 2 is 1.68 bits per heavy atom. The van der Waals surface area contributed by atoms with E-state index in [1.165, 1.54) is 7.11 Å². The number of carbonyl (C=O) groups excluding carboxylic acids is 2. The summed E-state index contributed by atoms with van der Waals surface area (Å²) in [6.45, 7) is 2.00. The number of methoxy groups -OCH3 is 1. The number of nitrogens with zero attached hydrogens (tertiary/aromatic N) is 2. The van der Waals surface area contributed by atoms with Crippen molar-refractivity contribution in [2.75, 3.05) is 13.7 Å². The second-order valence-electron chi connectivity index (χ2n) is 7.32. The summed E-state index contributed by atoms with van der Waals surface area (Å²) in [4.78, 5) is 24.3. The Kier molecular flexibility index (Phi) is 7.03. The lowest BCUT2D eigenvalue weighted by molar-refractivity contribution is 0.0524. The van der Waals surface area contributed by atoms with Gasteiger partial charge in [0.05, 0.1) is 25.1 Å². The number of rotatable bonds is 9. The Morgan fingerprint density at radius 1 is 0.971 bits per heavy atom. The first-order chi connectivity index (χ1) is 16.7. The molecule has 172 valence electrons. The summed E-state index contributed by atoms with van der Waals surface area (Å²) in [5.74, 6) is 0.367. The summed E-state index contributed by atoms with van der Waals surface area (Å²) in [6, 6.07) is 23.9. The first kappa shape index (κ1) is 22.8. The third-order valence-electron chi connectivity index (χ3n) is 5.20. The molecule has 0 unspecified atom stereocenters. The van der Waals surface area contributed by atoms with Crippen LogP contribution >= 0.6 is 0 Å². The predicted octanol–water partition coefficient (Wildman–Crippen LogP) is 5.12. The molecule has 0 amide bonds. The molecule has 3 aromatic carbocycles. The second kappa shape index (κ2) is 10.5. The molecule has 0 spiro atoms. The number of esters is 1. The van der Waals surface area contributed by atoms with Gasteiger partial charge in [-0.05, 0) is 37.3 Å². The van der Waals surface area contributed by atoms with Crippen molar-refractivity contribution < 1.29 is 23.8 Å². The SMILES string of the molecule is CCOC(=O)c1c(-c2ccccc2)nn(-c2ccccc2)c1COc1ccc(C=O)cc1OC. The van der Waals surface area contributed by atoms with Crippen LogP contribution in [0.2, 0.25) is 0 Å². The molecular formula is C27H24N2O5. The minimum atomic E-state index is -0.481. The number of aldehydes is 1. The van der Waals surface area contributed by atoms with Gasteiger partial charge in [0.2, 0.25) is 0 Å². The highest BCUT2D eigenvalue weighted by atomic mass is 16.5. The molecule has 1 aromatic heterocycles. The first-order valence-corrected chi connectivity index (χ1v) is 10.8. The maximum atomic E-state index is 13.1. The molecule has 0 aliphatic carbocycles. The molecule has 7 heteroatoms. The number of hydrogen-bond acceptors (Lipinski definition) is 6. The van der Waals surface area contributed by atoms with Crippen molar-refractivity contribution >= 4 is 12.3 Å². The maximum absolute atomic E-state index is 13.1. The molecule has 7 nitrogen and oxygen atoms in total. The lowest BCUT2D eigenvalue weighted by Crippen LogP contribution is -2.13. The molecule has 0 atom stereocenters. The van der Waals surface area contributed by atoms with Crippen LogP contribution in [0.1, 0.15) is 33.3 Å². The molecule has 4 rings (SSSR count). The van der Waals surface area contributed by atoms with Crippen LogP contribution in [0.5, 0.6) is 11.5 Å². The van der Waals surface area contributed by atoms with Crippen LogP contribution < -0.4 is 9.47 Å². The predicted molar refractivity (Wildman–Crippen MR) is 128 cm³/mol. The van der Waals surface area contributed by atoms with Gasteiger partial charge in [0.25, 0.3) is 0 Å². The van der Waals surface area contributed by atoms with Crippen LogP contribution in [0.4, 0.5) is 0 Å². The monoisotopic (exact) mass is 456 g/mol. The van der Waals surface area contributed by atoms with Crippen molar-refractivity contribution in [3.8, 4) is 28.4 Å². The number of ether oxygens (including phenoxy) is 3. The zero-order valence-corrected chi connectivity index (χ0v) is 18.9. The topological polar surface area (TPSA) is 79.6 Å². The van der Waals surface area contributed by atoms with Gasteiger partial charge in [-0.2, -0.15) is 5.10 Å². The first-order valence-electron chi connectivity index (χ1n) is 10.8. The van der Waals surface area contributed by atoms with Crippen LogP contribution in [-0.2, 0) is 11.3 Å². The zero-order chi connectivity index (χ0) is 23.9. The largest absolute Gasteiger partial charge is 0.493 e. The van der Waals surface area contributed by atoms with Gasteiger partial charge in [0, 0.05) is 11.1 Å². The molecule has 4 aromatic rings. The molecule has 0 aliphatic rings.